The normalized spacial score (nSPS) is 13.8. The Balaban J connectivity index is 1.16. The van der Waals surface area contributed by atoms with Crippen molar-refractivity contribution in [2.24, 2.45) is 0 Å². The van der Waals surface area contributed by atoms with Gasteiger partial charge < -0.3 is 9.88 Å². The Kier molecular flexibility index (Phi) is 6.91. The Labute approximate surface area is 261 Å². The number of nitrogens with zero attached hydrogens (tertiary/aromatic N) is 5. The maximum Gasteiger partial charge on any atom is 0.256 e. The minimum atomic E-state index is -0.200. The number of aromatic nitrogens is 5. The first kappa shape index (κ1) is 27.0. The standard InChI is InChI=1S/C38H32N6O/c45-38(42-36-22-23-39-44(36)31-14-8-3-9-15-31)29-18-21-35-34(25-29)41-37(43(35)30-12-6-2-7-13-30)28-17-20-33-27(24-28)16-19-32(40-33)26-10-4-1-5-11-26/h1,3-5,8-11,14-25,30H,2,6-7,12-13H2,(H,42,45). The zero-order chi connectivity index (χ0) is 30.2. The fraction of sp³-hybridized carbons (Fsp3) is 0.158. The number of carbonyl (C=O) groups is 1. The summed E-state index contributed by atoms with van der Waals surface area (Å²) in [5.41, 5.74) is 7.38. The molecule has 1 saturated carbocycles. The summed E-state index contributed by atoms with van der Waals surface area (Å²) >= 11 is 0. The van der Waals surface area contributed by atoms with E-state index in [0.717, 1.165) is 63.1 Å². The van der Waals surface area contributed by atoms with Crippen molar-refractivity contribution in [1.82, 2.24) is 24.3 Å². The number of anilines is 1. The highest BCUT2D eigenvalue weighted by Crippen LogP contribution is 2.37. The topological polar surface area (TPSA) is 77.6 Å². The monoisotopic (exact) mass is 588 g/mol. The van der Waals surface area contributed by atoms with Crippen LogP contribution in [0.1, 0.15) is 48.5 Å². The lowest BCUT2D eigenvalue weighted by Crippen LogP contribution is -2.15. The maximum absolute atomic E-state index is 13.5. The van der Waals surface area contributed by atoms with Crippen LogP contribution < -0.4 is 5.32 Å². The van der Waals surface area contributed by atoms with Crippen LogP contribution in [0.3, 0.4) is 0 Å². The van der Waals surface area contributed by atoms with Crippen molar-refractivity contribution in [1.29, 1.82) is 0 Å². The van der Waals surface area contributed by atoms with Gasteiger partial charge in [-0.1, -0.05) is 73.9 Å². The van der Waals surface area contributed by atoms with Crippen molar-refractivity contribution in [3.63, 3.8) is 0 Å². The molecular weight excluding hydrogens is 556 g/mol. The van der Waals surface area contributed by atoms with Crippen molar-refractivity contribution in [2.75, 3.05) is 5.32 Å². The van der Waals surface area contributed by atoms with Gasteiger partial charge >= 0.3 is 0 Å². The highest BCUT2D eigenvalue weighted by atomic mass is 16.1. The third kappa shape index (κ3) is 5.16. The number of pyridine rings is 1. The Morgan fingerprint density at radius 2 is 1.51 bits per heavy atom. The molecule has 3 heterocycles. The summed E-state index contributed by atoms with van der Waals surface area (Å²) < 4.78 is 4.14. The molecule has 1 fully saturated rings. The molecule has 0 aliphatic heterocycles. The molecule has 7 nitrogen and oxygen atoms in total. The van der Waals surface area contributed by atoms with Crippen LogP contribution in [0.25, 0.3) is 50.3 Å². The van der Waals surface area contributed by atoms with Crippen LogP contribution >= 0.6 is 0 Å². The van der Waals surface area contributed by atoms with E-state index in [1.54, 1.807) is 16.9 Å². The summed E-state index contributed by atoms with van der Waals surface area (Å²) in [6, 6.07) is 38.7. The van der Waals surface area contributed by atoms with Crippen molar-refractivity contribution in [3.05, 3.63) is 127 Å². The molecule has 0 radical (unpaired) electrons. The van der Waals surface area contributed by atoms with E-state index in [-0.39, 0.29) is 5.91 Å². The van der Waals surface area contributed by atoms with Gasteiger partial charge in [-0.05, 0) is 67.4 Å². The fourth-order valence-corrected chi connectivity index (χ4v) is 6.55. The van der Waals surface area contributed by atoms with Gasteiger partial charge in [0.15, 0.2) is 0 Å². The predicted octanol–water partition coefficient (Wildman–Crippen LogP) is 8.86. The van der Waals surface area contributed by atoms with Crippen LogP contribution in [-0.2, 0) is 0 Å². The van der Waals surface area contributed by atoms with Gasteiger partial charge in [0.1, 0.15) is 11.6 Å². The minimum absolute atomic E-state index is 0.200. The van der Waals surface area contributed by atoms with Crippen LogP contribution in [0.15, 0.2) is 121 Å². The molecule has 1 N–H and O–H groups in total. The number of hydrogen-bond donors (Lipinski definition) is 1. The first-order valence-electron chi connectivity index (χ1n) is 15.6. The number of fused-ring (bicyclic) bond motifs is 2. The van der Waals surface area contributed by atoms with E-state index < -0.39 is 0 Å². The highest BCUT2D eigenvalue weighted by molar-refractivity contribution is 6.06. The number of carbonyl (C=O) groups excluding carboxylic acids is 1. The summed E-state index contributed by atoms with van der Waals surface area (Å²) in [5.74, 6) is 1.35. The average molecular weight is 589 g/mol. The van der Waals surface area contributed by atoms with Crippen LogP contribution in [0.2, 0.25) is 0 Å². The van der Waals surface area contributed by atoms with Crippen LogP contribution in [-0.4, -0.2) is 30.2 Å². The molecule has 1 aliphatic rings. The molecule has 0 spiro atoms. The first-order chi connectivity index (χ1) is 22.2. The molecule has 0 unspecified atom stereocenters. The highest BCUT2D eigenvalue weighted by Gasteiger charge is 2.23. The molecule has 0 bridgehead atoms. The summed E-state index contributed by atoms with van der Waals surface area (Å²) in [6.07, 6.45) is 7.63. The largest absolute Gasteiger partial charge is 0.321 e. The Morgan fingerprint density at radius 1 is 0.711 bits per heavy atom. The lowest BCUT2D eigenvalue weighted by molar-refractivity contribution is 0.102. The van der Waals surface area contributed by atoms with Gasteiger partial charge in [-0.3, -0.25) is 4.79 Å². The van der Waals surface area contributed by atoms with Crippen molar-refractivity contribution >= 4 is 33.7 Å². The van der Waals surface area contributed by atoms with Crippen LogP contribution in [0.4, 0.5) is 5.82 Å². The third-order valence-electron chi connectivity index (χ3n) is 8.79. The van der Waals surface area contributed by atoms with Gasteiger partial charge in [0.2, 0.25) is 0 Å². The van der Waals surface area contributed by atoms with E-state index in [4.69, 9.17) is 9.97 Å². The van der Waals surface area contributed by atoms with Crippen LogP contribution in [0, 0.1) is 0 Å². The van der Waals surface area contributed by atoms with Crippen molar-refractivity contribution in [2.45, 2.75) is 38.1 Å². The maximum atomic E-state index is 13.5. The number of imidazole rings is 1. The van der Waals surface area contributed by atoms with Gasteiger partial charge in [0.05, 0.1) is 34.1 Å². The van der Waals surface area contributed by atoms with Gasteiger partial charge in [0, 0.05) is 34.2 Å². The molecule has 0 saturated heterocycles. The molecule has 220 valence electrons. The smallest absolute Gasteiger partial charge is 0.256 e. The number of nitrogens with one attached hydrogen (secondary N) is 1. The van der Waals surface area contributed by atoms with Gasteiger partial charge in [-0.25, -0.2) is 14.6 Å². The predicted molar refractivity (Wildman–Crippen MR) is 180 cm³/mol. The lowest BCUT2D eigenvalue weighted by Gasteiger charge is -2.25. The Hall–Kier alpha value is -5.56. The number of para-hydroxylation sites is 1. The second-order valence-electron chi connectivity index (χ2n) is 11.7. The fourth-order valence-electron chi connectivity index (χ4n) is 6.55. The molecule has 7 heteroatoms. The summed E-state index contributed by atoms with van der Waals surface area (Å²) in [7, 11) is 0. The molecular formula is C38H32N6O. The molecule has 3 aromatic heterocycles. The zero-order valence-electron chi connectivity index (χ0n) is 24.8. The quantitative estimate of drug-likeness (QED) is 0.210. The zero-order valence-corrected chi connectivity index (χ0v) is 24.8. The average Bonchev–Trinajstić information content (AvgIpc) is 3.73. The lowest BCUT2D eigenvalue weighted by atomic mass is 9.94. The number of amides is 1. The Bertz CT molecular complexity index is 2140. The summed E-state index contributed by atoms with van der Waals surface area (Å²) in [5, 5.41) is 8.52. The molecule has 1 amide bonds. The first-order valence-corrected chi connectivity index (χ1v) is 15.6. The van der Waals surface area contributed by atoms with E-state index in [1.807, 2.05) is 60.7 Å². The molecule has 4 aromatic carbocycles. The number of hydrogen-bond acceptors (Lipinski definition) is 4. The van der Waals surface area contributed by atoms with Crippen molar-refractivity contribution in [3.8, 4) is 28.3 Å². The molecule has 8 rings (SSSR count). The van der Waals surface area contributed by atoms with Gasteiger partial charge in [-0.2, -0.15) is 5.10 Å². The summed E-state index contributed by atoms with van der Waals surface area (Å²) in [6.45, 7) is 0. The van der Waals surface area contributed by atoms with Gasteiger partial charge in [0.25, 0.3) is 5.91 Å². The third-order valence-corrected chi connectivity index (χ3v) is 8.79. The van der Waals surface area contributed by atoms with E-state index >= 15 is 0 Å². The number of benzene rings is 4. The molecule has 1 aliphatic carbocycles. The number of rotatable bonds is 6. The minimum Gasteiger partial charge on any atom is -0.321 e. The van der Waals surface area contributed by atoms with E-state index in [2.05, 4.69) is 63.5 Å². The van der Waals surface area contributed by atoms with E-state index in [0.29, 0.717) is 17.4 Å². The molecule has 0 atom stereocenters. The van der Waals surface area contributed by atoms with Gasteiger partial charge in [-0.15, -0.1) is 0 Å². The van der Waals surface area contributed by atoms with E-state index in [1.165, 1.54) is 19.3 Å². The second kappa shape index (κ2) is 11.5. The summed E-state index contributed by atoms with van der Waals surface area (Å²) in [4.78, 5) is 23.6. The van der Waals surface area contributed by atoms with E-state index in [9.17, 15) is 4.79 Å². The second-order valence-corrected chi connectivity index (χ2v) is 11.7. The Morgan fingerprint density at radius 3 is 2.33 bits per heavy atom. The molecule has 7 aromatic rings. The van der Waals surface area contributed by atoms with Crippen LogP contribution in [0.5, 0.6) is 0 Å². The molecule has 45 heavy (non-hydrogen) atoms. The van der Waals surface area contributed by atoms with Crippen molar-refractivity contribution < 1.29 is 4.79 Å². The SMILES string of the molecule is O=C(Nc1ccnn1-c1ccccc1)c1ccc2c(c1)nc(-c1ccc3nc(-c4ccccc4)ccc3c1)n2C1CCCCC1.